The Morgan fingerprint density at radius 2 is 1.22 bits per heavy atom. The number of nitrogens with zero attached hydrogens (tertiary/aromatic N) is 1. The molecule has 41 heavy (non-hydrogen) atoms. The number of thiophene rings is 1. The van der Waals surface area contributed by atoms with Crippen LogP contribution in [-0.2, 0) is 5.41 Å². The predicted octanol–water partition coefficient (Wildman–Crippen LogP) is 11.1. The van der Waals surface area contributed by atoms with Gasteiger partial charge in [-0.1, -0.05) is 92.7 Å². The first-order valence-corrected chi connectivity index (χ1v) is 15.1. The second kappa shape index (κ2) is 8.19. The van der Waals surface area contributed by atoms with E-state index in [1.165, 1.54) is 81.0 Å². The number of fused-ring (bicyclic) bond motifs is 9. The fraction of sp³-hybridized carbons (Fsp3) is 0.0769. The Morgan fingerprint density at radius 1 is 0.488 bits per heavy atom. The van der Waals surface area contributed by atoms with Crippen molar-refractivity contribution in [1.29, 1.82) is 0 Å². The van der Waals surface area contributed by atoms with Crippen LogP contribution in [0.3, 0.4) is 0 Å². The van der Waals surface area contributed by atoms with E-state index in [2.05, 4.69) is 146 Å². The standard InChI is InChI=1S/C39H27NS/c1-39(2)33-14-8-6-12-27(33)29-22-30-28-13-7-9-15-35(28)40(36(30)23-34(29)39)26-17-19-38-32(21-26)31-20-25(16-18-37(31)41-38)24-10-4-3-5-11-24/h3-23H,1-2H3. The van der Waals surface area contributed by atoms with Gasteiger partial charge in [0.1, 0.15) is 0 Å². The highest BCUT2D eigenvalue weighted by Gasteiger charge is 2.36. The van der Waals surface area contributed by atoms with E-state index in [0.717, 1.165) is 0 Å². The van der Waals surface area contributed by atoms with Gasteiger partial charge in [0.25, 0.3) is 0 Å². The lowest BCUT2D eigenvalue weighted by atomic mass is 9.82. The summed E-state index contributed by atoms with van der Waals surface area (Å²) < 4.78 is 5.14. The summed E-state index contributed by atoms with van der Waals surface area (Å²) in [6.07, 6.45) is 0. The van der Waals surface area contributed by atoms with Crippen molar-refractivity contribution < 1.29 is 0 Å². The average molecular weight is 542 g/mol. The molecule has 0 aliphatic heterocycles. The summed E-state index contributed by atoms with van der Waals surface area (Å²) in [7, 11) is 0. The molecule has 0 atom stereocenters. The normalized spacial score (nSPS) is 13.8. The molecule has 1 aliphatic rings. The Kier molecular flexibility index (Phi) is 4.61. The van der Waals surface area contributed by atoms with Crippen LogP contribution in [0.5, 0.6) is 0 Å². The van der Waals surface area contributed by atoms with Crippen LogP contribution < -0.4 is 0 Å². The Morgan fingerprint density at radius 3 is 2.10 bits per heavy atom. The molecule has 0 spiro atoms. The van der Waals surface area contributed by atoms with Gasteiger partial charge in [-0.05, 0) is 81.9 Å². The van der Waals surface area contributed by atoms with Crippen molar-refractivity contribution in [2.75, 3.05) is 0 Å². The third-order valence-electron chi connectivity index (χ3n) is 9.19. The zero-order valence-corrected chi connectivity index (χ0v) is 23.8. The number of hydrogen-bond acceptors (Lipinski definition) is 1. The molecular formula is C39H27NS. The van der Waals surface area contributed by atoms with E-state index in [4.69, 9.17) is 0 Å². The second-order valence-electron chi connectivity index (χ2n) is 11.8. The topological polar surface area (TPSA) is 4.93 Å². The molecule has 0 fully saturated rings. The number of rotatable bonds is 2. The maximum atomic E-state index is 2.48. The highest BCUT2D eigenvalue weighted by Crippen LogP contribution is 2.51. The summed E-state index contributed by atoms with van der Waals surface area (Å²) >= 11 is 1.88. The van der Waals surface area contributed by atoms with Crippen LogP contribution in [0.4, 0.5) is 0 Å². The molecule has 0 unspecified atom stereocenters. The smallest absolute Gasteiger partial charge is 0.0544 e. The van der Waals surface area contributed by atoms with Crippen molar-refractivity contribution in [2.24, 2.45) is 0 Å². The van der Waals surface area contributed by atoms with Gasteiger partial charge in [0.15, 0.2) is 0 Å². The molecule has 0 saturated carbocycles. The number of para-hydroxylation sites is 1. The Bertz CT molecular complexity index is 2330. The lowest BCUT2D eigenvalue weighted by Gasteiger charge is -2.21. The van der Waals surface area contributed by atoms with Crippen LogP contribution in [0, 0.1) is 0 Å². The lowest BCUT2D eigenvalue weighted by Crippen LogP contribution is -2.14. The largest absolute Gasteiger partial charge is 0.309 e. The summed E-state index contributed by atoms with van der Waals surface area (Å²) in [6.45, 7) is 4.73. The molecule has 6 aromatic carbocycles. The minimum atomic E-state index is -0.0389. The molecule has 0 amide bonds. The first-order valence-electron chi connectivity index (χ1n) is 14.3. The van der Waals surface area contributed by atoms with Crippen molar-refractivity contribution in [3.8, 4) is 27.9 Å². The zero-order chi connectivity index (χ0) is 27.3. The minimum absolute atomic E-state index is 0.0389. The van der Waals surface area contributed by atoms with Gasteiger partial charge in [-0.3, -0.25) is 0 Å². The summed E-state index contributed by atoms with van der Waals surface area (Å²) in [5, 5.41) is 5.26. The number of benzene rings is 6. The summed E-state index contributed by atoms with van der Waals surface area (Å²) in [5.74, 6) is 0. The van der Waals surface area contributed by atoms with E-state index in [1.54, 1.807) is 0 Å². The highest BCUT2D eigenvalue weighted by molar-refractivity contribution is 7.25. The molecule has 0 radical (unpaired) electrons. The van der Waals surface area contributed by atoms with Gasteiger partial charge in [-0.25, -0.2) is 0 Å². The van der Waals surface area contributed by atoms with Gasteiger partial charge >= 0.3 is 0 Å². The van der Waals surface area contributed by atoms with Crippen molar-refractivity contribution in [1.82, 2.24) is 4.57 Å². The van der Waals surface area contributed by atoms with Gasteiger partial charge in [-0.2, -0.15) is 0 Å². The molecule has 8 aromatic rings. The number of hydrogen-bond donors (Lipinski definition) is 0. The first kappa shape index (κ1) is 23.1. The van der Waals surface area contributed by atoms with Gasteiger partial charge < -0.3 is 4.57 Å². The van der Waals surface area contributed by atoms with Crippen molar-refractivity contribution in [3.05, 3.63) is 139 Å². The Balaban J connectivity index is 1.32. The third-order valence-corrected chi connectivity index (χ3v) is 10.3. The van der Waals surface area contributed by atoms with Crippen LogP contribution >= 0.6 is 11.3 Å². The average Bonchev–Trinajstić information content (AvgIpc) is 3.62. The number of aromatic nitrogens is 1. The fourth-order valence-corrected chi connectivity index (χ4v) is 8.22. The quantitative estimate of drug-likeness (QED) is 0.205. The summed E-state index contributed by atoms with van der Waals surface area (Å²) in [6, 6.07) is 47.3. The summed E-state index contributed by atoms with van der Waals surface area (Å²) in [4.78, 5) is 0. The lowest BCUT2D eigenvalue weighted by molar-refractivity contribution is 0.661. The maximum Gasteiger partial charge on any atom is 0.0544 e. The molecule has 9 rings (SSSR count). The van der Waals surface area contributed by atoms with Gasteiger partial charge in [0, 0.05) is 42.0 Å². The van der Waals surface area contributed by atoms with Crippen LogP contribution in [0.15, 0.2) is 127 Å². The SMILES string of the molecule is CC1(C)c2ccccc2-c2cc3c4ccccc4n(-c4ccc5sc6ccc(-c7ccccc7)cc6c5c4)c3cc21. The molecule has 0 bridgehead atoms. The highest BCUT2D eigenvalue weighted by atomic mass is 32.1. The molecule has 2 heteroatoms. The second-order valence-corrected chi connectivity index (χ2v) is 12.9. The van der Waals surface area contributed by atoms with Crippen molar-refractivity contribution >= 4 is 53.3 Å². The van der Waals surface area contributed by atoms with E-state index >= 15 is 0 Å². The molecule has 0 N–H and O–H groups in total. The zero-order valence-electron chi connectivity index (χ0n) is 23.0. The van der Waals surface area contributed by atoms with E-state index < -0.39 is 0 Å². The van der Waals surface area contributed by atoms with Gasteiger partial charge in [0.05, 0.1) is 11.0 Å². The molecule has 1 aliphatic carbocycles. The van der Waals surface area contributed by atoms with Crippen molar-refractivity contribution in [2.45, 2.75) is 19.3 Å². The van der Waals surface area contributed by atoms with E-state index in [1.807, 2.05) is 11.3 Å². The Labute approximate surface area is 242 Å². The molecule has 1 nitrogen and oxygen atoms in total. The predicted molar refractivity (Wildman–Crippen MR) is 177 cm³/mol. The minimum Gasteiger partial charge on any atom is -0.309 e. The monoisotopic (exact) mass is 541 g/mol. The van der Waals surface area contributed by atoms with Gasteiger partial charge in [0.2, 0.25) is 0 Å². The van der Waals surface area contributed by atoms with Crippen molar-refractivity contribution in [3.63, 3.8) is 0 Å². The van der Waals surface area contributed by atoms with Crippen LogP contribution in [0.2, 0.25) is 0 Å². The molecule has 2 heterocycles. The maximum absolute atomic E-state index is 2.48. The van der Waals surface area contributed by atoms with Crippen LogP contribution in [0.1, 0.15) is 25.0 Å². The molecule has 2 aromatic heterocycles. The van der Waals surface area contributed by atoms with Crippen LogP contribution in [0.25, 0.3) is 69.9 Å². The summed E-state index contributed by atoms with van der Waals surface area (Å²) in [5.41, 5.74) is 11.8. The molecule has 194 valence electrons. The van der Waals surface area contributed by atoms with E-state index in [0.29, 0.717) is 0 Å². The third kappa shape index (κ3) is 3.17. The van der Waals surface area contributed by atoms with Gasteiger partial charge in [-0.15, -0.1) is 11.3 Å². The van der Waals surface area contributed by atoms with Crippen LogP contribution in [-0.4, -0.2) is 4.57 Å². The first-order chi connectivity index (χ1) is 20.1. The molecular weight excluding hydrogens is 515 g/mol. The van der Waals surface area contributed by atoms with E-state index in [-0.39, 0.29) is 5.41 Å². The Hall–Kier alpha value is -4.66. The molecule has 0 saturated heterocycles. The van der Waals surface area contributed by atoms with E-state index in [9.17, 15) is 0 Å². The fourth-order valence-electron chi connectivity index (χ4n) is 7.16.